The van der Waals surface area contributed by atoms with Crippen molar-refractivity contribution in [3.8, 4) is 0 Å². The summed E-state index contributed by atoms with van der Waals surface area (Å²) in [5, 5.41) is 11.8. The molecule has 1 amide bonds. The molecule has 1 atom stereocenters. The number of hydrogen-bond acceptors (Lipinski definition) is 2. The second-order valence-corrected chi connectivity index (χ2v) is 6.62. The van der Waals surface area contributed by atoms with Gasteiger partial charge < -0.3 is 10.4 Å². The van der Waals surface area contributed by atoms with Gasteiger partial charge in [0.1, 0.15) is 0 Å². The lowest BCUT2D eigenvalue weighted by Crippen LogP contribution is -2.47. The summed E-state index contributed by atoms with van der Waals surface area (Å²) in [6, 6.07) is 10.6. The molecule has 0 aliphatic heterocycles. The van der Waals surface area contributed by atoms with Crippen molar-refractivity contribution in [1.29, 1.82) is 0 Å². The first-order valence-electron chi connectivity index (χ1n) is 8.61. The Balaban J connectivity index is 1.93. The Morgan fingerprint density at radius 2 is 1.74 bits per heavy atom. The number of carbonyl (C=O) groups is 2. The number of hydrogen-bond donors (Lipinski definition) is 2. The minimum atomic E-state index is -0.798. The number of rotatable bonds is 8. The van der Waals surface area contributed by atoms with Crippen LogP contribution >= 0.6 is 0 Å². The van der Waals surface area contributed by atoms with E-state index >= 15 is 0 Å². The van der Waals surface area contributed by atoms with E-state index in [1.807, 2.05) is 6.07 Å². The summed E-state index contributed by atoms with van der Waals surface area (Å²) in [7, 11) is 0. The van der Waals surface area contributed by atoms with E-state index in [0.29, 0.717) is 19.3 Å². The zero-order valence-corrected chi connectivity index (χ0v) is 13.9. The van der Waals surface area contributed by atoms with Crippen LogP contribution in [0, 0.1) is 0 Å². The smallest absolute Gasteiger partial charge is 0.303 e. The Labute approximate surface area is 138 Å². The summed E-state index contributed by atoms with van der Waals surface area (Å²) in [5.41, 5.74) is 1.36. The summed E-state index contributed by atoms with van der Waals surface area (Å²) in [6.45, 7) is 2.10. The molecule has 2 rings (SSSR count). The lowest BCUT2D eigenvalue weighted by Gasteiger charge is -2.36. The van der Waals surface area contributed by atoms with E-state index in [4.69, 9.17) is 5.11 Å². The van der Waals surface area contributed by atoms with Gasteiger partial charge in [0.05, 0.1) is 0 Å². The monoisotopic (exact) mass is 317 g/mol. The molecule has 126 valence electrons. The third kappa shape index (κ3) is 4.57. The summed E-state index contributed by atoms with van der Waals surface area (Å²) < 4.78 is 0. The van der Waals surface area contributed by atoms with E-state index in [9.17, 15) is 9.59 Å². The minimum absolute atomic E-state index is 0.0325. The van der Waals surface area contributed by atoms with Crippen LogP contribution < -0.4 is 5.32 Å². The van der Waals surface area contributed by atoms with Gasteiger partial charge in [-0.3, -0.25) is 9.59 Å². The SMILES string of the molecule is CC(NC(=O)CCCCC(=O)O)C1(c2ccccc2)CCCC1. The molecular weight excluding hydrogens is 290 g/mol. The van der Waals surface area contributed by atoms with Gasteiger partial charge in [-0.1, -0.05) is 43.2 Å². The van der Waals surface area contributed by atoms with Crippen LogP contribution in [0.25, 0.3) is 0 Å². The van der Waals surface area contributed by atoms with Crippen LogP contribution in [0.5, 0.6) is 0 Å². The zero-order valence-electron chi connectivity index (χ0n) is 13.9. The van der Waals surface area contributed by atoms with Crippen molar-refractivity contribution < 1.29 is 14.7 Å². The van der Waals surface area contributed by atoms with Gasteiger partial charge in [0.15, 0.2) is 0 Å². The van der Waals surface area contributed by atoms with Crippen molar-refractivity contribution in [3.05, 3.63) is 35.9 Å². The number of nitrogens with one attached hydrogen (secondary N) is 1. The van der Waals surface area contributed by atoms with Gasteiger partial charge in [-0.05, 0) is 38.2 Å². The molecule has 0 spiro atoms. The topological polar surface area (TPSA) is 66.4 Å². The molecule has 1 fully saturated rings. The van der Waals surface area contributed by atoms with Crippen LogP contribution in [0.1, 0.15) is 63.9 Å². The van der Waals surface area contributed by atoms with E-state index in [0.717, 1.165) is 12.8 Å². The third-order valence-electron chi connectivity index (χ3n) is 5.10. The van der Waals surface area contributed by atoms with Crippen molar-refractivity contribution >= 4 is 11.9 Å². The number of amides is 1. The quantitative estimate of drug-likeness (QED) is 0.719. The molecule has 0 saturated heterocycles. The molecular formula is C19H27NO3. The van der Waals surface area contributed by atoms with Crippen LogP contribution in [-0.2, 0) is 15.0 Å². The van der Waals surface area contributed by atoms with E-state index in [1.54, 1.807) is 0 Å². The van der Waals surface area contributed by atoms with Gasteiger partial charge in [0, 0.05) is 24.3 Å². The zero-order chi connectivity index (χ0) is 16.7. The molecule has 0 heterocycles. The number of carboxylic acids is 1. The van der Waals surface area contributed by atoms with Crippen molar-refractivity contribution in [2.75, 3.05) is 0 Å². The van der Waals surface area contributed by atoms with Gasteiger partial charge in [0.25, 0.3) is 0 Å². The molecule has 1 unspecified atom stereocenters. The van der Waals surface area contributed by atoms with Crippen LogP contribution in [0.2, 0.25) is 0 Å². The summed E-state index contributed by atoms with van der Waals surface area (Å²) in [6.07, 6.45) is 6.35. The van der Waals surface area contributed by atoms with Gasteiger partial charge in [-0.2, -0.15) is 0 Å². The Bertz CT molecular complexity index is 521. The van der Waals surface area contributed by atoms with Crippen molar-refractivity contribution in [2.45, 2.75) is 69.7 Å². The maximum atomic E-state index is 12.2. The van der Waals surface area contributed by atoms with Crippen molar-refractivity contribution in [1.82, 2.24) is 5.32 Å². The molecule has 1 aliphatic rings. The number of carboxylic acid groups (broad SMARTS) is 1. The number of carbonyl (C=O) groups excluding carboxylic acids is 1. The Hall–Kier alpha value is -1.84. The Morgan fingerprint density at radius 1 is 1.13 bits per heavy atom. The summed E-state index contributed by atoms with van der Waals surface area (Å²) >= 11 is 0. The van der Waals surface area contributed by atoms with E-state index < -0.39 is 5.97 Å². The van der Waals surface area contributed by atoms with Crippen LogP contribution in [0.4, 0.5) is 0 Å². The molecule has 1 aromatic rings. The highest BCUT2D eigenvalue weighted by Crippen LogP contribution is 2.43. The largest absolute Gasteiger partial charge is 0.481 e. The van der Waals surface area contributed by atoms with Gasteiger partial charge in [0.2, 0.25) is 5.91 Å². The maximum Gasteiger partial charge on any atom is 0.303 e. The van der Waals surface area contributed by atoms with E-state index in [2.05, 4.69) is 36.5 Å². The Kier molecular flexibility index (Phi) is 6.20. The molecule has 0 bridgehead atoms. The van der Waals surface area contributed by atoms with Gasteiger partial charge in [-0.25, -0.2) is 0 Å². The molecule has 2 N–H and O–H groups in total. The normalized spacial score (nSPS) is 17.6. The van der Waals surface area contributed by atoms with E-state index in [-0.39, 0.29) is 23.8 Å². The van der Waals surface area contributed by atoms with E-state index in [1.165, 1.54) is 18.4 Å². The number of benzene rings is 1. The third-order valence-corrected chi connectivity index (χ3v) is 5.10. The van der Waals surface area contributed by atoms with Crippen LogP contribution in [0.3, 0.4) is 0 Å². The molecule has 1 aliphatic carbocycles. The highest BCUT2D eigenvalue weighted by molar-refractivity contribution is 5.76. The first kappa shape index (κ1) is 17.5. The molecule has 4 heteroatoms. The average Bonchev–Trinajstić information content (AvgIpc) is 3.03. The standard InChI is InChI=1S/C19H27NO3/c1-15(20-17(21)11-5-6-12-18(22)23)19(13-7-8-14-19)16-9-3-2-4-10-16/h2-4,9-10,15H,5-8,11-14H2,1H3,(H,20,21)(H,22,23). The number of unbranched alkanes of at least 4 members (excludes halogenated alkanes) is 1. The lowest BCUT2D eigenvalue weighted by atomic mass is 9.73. The number of aliphatic carboxylic acids is 1. The predicted molar refractivity (Wildman–Crippen MR) is 90.3 cm³/mol. The first-order chi connectivity index (χ1) is 11.0. The molecule has 4 nitrogen and oxygen atoms in total. The first-order valence-corrected chi connectivity index (χ1v) is 8.61. The fourth-order valence-electron chi connectivity index (χ4n) is 3.76. The van der Waals surface area contributed by atoms with Gasteiger partial charge >= 0.3 is 5.97 Å². The molecule has 0 radical (unpaired) electrons. The lowest BCUT2D eigenvalue weighted by molar-refractivity contribution is -0.137. The van der Waals surface area contributed by atoms with Crippen molar-refractivity contribution in [3.63, 3.8) is 0 Å². The molecule has 1 aromatic carbocycles. The highest BCUT2D eigenvalue weighted by atomic mass is 16.4. The van der Waals surface area contributed by atoms with Crippen LogP contribution in [0.15, 0.2) is 30.3 Å². The fourth-order valence-corrected chi connectivity index (χ4v) is 3.76. The Morgan fingerprint density at radius 3 is 2.35 bits per heavy atom. The van der Waals surface area contributed by atoms with Crippen molar-refractivity contribution in [2.24, 2.45) is 0 Å². The van der Waals surface area contributed by atoms with Gasteiger partial charge in [-0.15, -0.1) is 0 Å². The summed E-state index contributed by atoms with van der Waals surface area (Å²) in [4.78, 5) is 22.7. The fraction of sp³-hybridized carbons (Fsp3) is 0.579. The second-order valence-electron chi connectivity index (χ2n) is 6.62. The summed E-state index contributed by atoms with van der Waals surface area (Å²) in [5.74, 6) is -0.766. The highest BCUT2D eigenvalue weighted by Gasteiger charge is 2.40. The molecule has 0 aromatic heterocycles. The second kappa shape index (κ2) is 8.14. The predicted octanol–water partition coefficient (Wildman–Crippen LogP) is 3.65. The minimum Gasteiger partial charge on any atom is -0.481 e. The van der Waals surface area contributed by atoms with Crippen LogP contribution in [-0.4, -0.2) is 23.0 Å². The maximum absolute atomic E-state index is 12.2. The molecule has 23 heavy (non-hydrogen) atoms. The average molecular weight is 317 g/mol. The molecule has 1 saturated carbocycles.